The average molecular weight is 1260 g/mol. The Morgan fingerprint density at radius 1 is 0.329 bits per heavy atom. The fraction of sp³-hybridized carbons (Fsp3) is 0.939. The summed E-state index contributed by atoms with van der Waals surface area (Å²) in [7, 11) is -9.89. The van der Waals surface area contributed by atoms with Crippen molar-refractivity contribution >= 4 is 39.5 Å². The minimum Gasteiger partial charge on any atom is -0.462 e. The first-order chi connectivity index (χ1) is 40.6. The van der Waals surface area contributed by atoms with Gasteiger partial charge in [-0.2, -0.15) is 0 Å². The Morgan fingerprint density at radius 3 is 0.835 bits per heavy atom. The summed E-state index contributed by atoms with van der Waals surface area (Å²) in [4.78, 5) is 72.3. The lowest BCUT2D eigenvalue weighted by Crippen LogP contribution is -2.30. The molecule has 0 aliphatic heterocycles. The monoisotopic (exact) mass is 1250 g/mol. The topological polar surface area (TPSA) is 237 Å². The Kier molecular flexibility index (Phi) is 54.8. The van der Waals surface area contributed by atoms with Gasteiger partial charge in [0.2, 0.25) is 0 Å². The van der Waals surface area contributed by atoms with Crippen LogP contribution in [0.25, 0.3) is 0 Å². The van der Waals surface area contributed by atoms with E-state index in [1.54, 1.807) is 0 Å². The fourth-order valence-corrected chi connectivity index (χ4v) is 11.3. The Balaban J connectivity index is 5.24. The molecule has 0 bridgehead atoms. The quantitative estimate of drug-likeness (QED) is 0.0222. The number of ether oxygens (including phenoxy) is 4. The van der Waals surface area contributed by atoms with Gasteiger partial charge in [0.1, 0.15) is 19.3 Å². The highest BCUT2D eigenvalue weighted by atomic mass is 31.2. The molecular formula is C66H128O17P2. The average Bonchev–Trinajstić information content (AvgIpc) is 3.45. The van der Waals surface area contributed by atoms with Gasteiger partial charge in [-0.15, -0.1) is 0 Å². The summed E-state index contributed by atoms with van der Waals surface area (Å²) in [5.41, 5.74) is 0. The Bertz CT molecular complexity index is 1700. The van der Waals surface area contributed by atoms with Gasteiger partial charge >= 0.3 is 39.5 Å². The molecule has 0 aromatic rings. The molecule has 0 saturated heterocycles. The predicted molar refractivity (Wildman–Crippen MR) is 340 cm³/mol. The first-order valence-corrected chi connectivity index (χ1v) is 37.2. The molecule has 0 fully saturated rings. The van der Waals surface area contributed by atoms with Gasteiger partial charge in [0, 0.05) is 25.7 Å². The molecule has 0 radical (unpaired) electrons. The lowest BCUT2D eigenvalue weighted by atomic mass is 9.99. The minimum absolute atomic E-state index is 0.103. The van der Waals surface area contributed by atoms with E-state index in [9.17, 15) is 43.2 Å². The first-order valence-electron chi connectivity index (χ1n) is 34.2. The van der Waals surface area contributed by atoms with E-state index in [1.807, 2.05) is 0 Å². The second-order valence-corrected chi connectivity index (χ2v) is 28.4. The van der Waals surface area contributed by atoms with Gasteiger partial charge in [-0.25, -0.2) is 9.13 Å². The maximum atomic E-state index is 13.0. The van der Waals surface area contributed by atoms with Crippen molar-refractivity contribution in [2.24, 2.45) is 23.7 Å². The molecule has 0 aromatic carbocycles. The normalized spacial score (nSPS) is 14.7. The van der Waals surface area contributed by atoms with Crippen molar-refractivity contribution in [3.05, 3.63) is 0 Å². The molecule has 19 heteroatoms. The van der Waals surface area contributed by atoms with E-state index in [-0.39, 0.29) is 25.7 Å². The molecule has 0 rings (SSSR count). The molecule has 3 N–H and O–H groups in total. The minimum atomic E-state index is -4.95. The molecule has 504 valence electrons. The number of hydrogen-bond donors (Lipinski definition) is 3. The van der Waals surface area contributed by atoms with Crippen LogP contribution in [0.1, 0.15) is 319 Å². The van der Waals surface area contributed by atoms with Gasteiger partial charge in [0.15, 0.2) is 12.2 Å². The van der Waals surface area contributed by atoms with Crippen molar-refractivity contribution in [3.63, 3.8) is 0 Å². The number of esters is 4. The smallest absolute Gasteiger partial charge is 0.462 e. The number of rotatable bonds is 63. The van der Waals surface area contributed by atoms with E-state index in [1.165, 1.54) is 116 Å². The number of hydrogen-bond acceptors (Lipinski definition) is 15. The third-order valence-corrected chi connectivity index (χ3v) is 17.3. The number of unbranched alkanes of at least 4 members (excludes halogenated alkanes) is 28. The zero-order chi connectivity index (χ0) is 63.2. The molecule has 0 amide bonds. The van der Waals surface area contributed by atoms with Crippen LogP contribution in [0.3, 0.4) is 0 Å². The summed E-state index contributed by atoms with van der Waals surface area (Å²) in [6, 6.07) is 0. The molecular weight excluding hydrogens is 1130 g/mol. The van der Waals surface area contributed by atoms with E-state index in [4.69, 9.17) is 37.0 Å². The summed E-state index contributed by atoms with van der Waals surface area (Å²) in [6.45, 7) is 14.0. The molecule has 0 aliphatic carbocycles. The van der Waals surface area contributed by atoms with Crippen LogP contribution in [0, 0.1) is 23.7 Å². The second-order valence-electron chi connectivity index (χ2n) is 25.5. The van der Waals surface area contributed by atoms with Gasteiger partial charge in [-0.3, -0.25) is 37.3 Å². The third-order valence-electron chi connectivity index (χ3n) is 15.4. The zero-order valence-electron chi connectivity index (χ0n) is 55.2. The Labute approximate surface area is 517 Å². The summed E-state index contributed by atoms with van der Waals surface area (Å²) in [6.07, 6.45) is 36.3. The highest BCUT2D eigenvalue weighted by Gasteiger charge is 2.30. The van der Waals surface area contributed by atoms with Crippen molar-refractivity contribution in [1.82, 2.24) is 0 Å². The van der Waals surface area contributed by atoms with Crippen LogP contribution in [0.4, 0.5) is 0 Å². The molecule has 0 aliphatic rings. The van der Waals surface area contributed by atoms with Crippen molar-refractivity contribution in [1.29, 1.82) is 0 Å². The number of carbonyl (C=O) groups excluding carboxylic acids is 4. The van der Waals surface area contributed by atoms with Gasteiger partial charge in [0.05, 0.1) is 26.4 Å². The van der Waals surface area contributed by atoms with Crippen LogP contribution in [0.2, 0.25) is 0 Å². The summed E-state index contributed by atoms with van der Waals surface area (Å²) in [5, 5.41) is 10.5. The fourth-order valence-electron chi connectivity index (χ4n) is 9.75. The van der Waals surface area contributed by atoms with Crippen LogP contribution >= 0.6 is 15.6 Å². The molecule has 0 heterocycles. The molecule has 0 aromatic heterocycles. The lowest BCUT2D eigenvalue weighted by Gasteiger charge is -2.21. The van der Waals surface area contributed by atoms with Crippen LogP contribution < -0.4 is 0 Å². The SMILES string of the molecule is CCC(C)CCCCCCCCCCCCC(=O)OC[C@H](COP(=O)(O)OCC(O)COP(=O)(O)OC[C@@H](COC(=O)CCCCCCCCCC(C)C)OC(=O)CCCCCCCCCCC(C)C)OC(=O)CCCCCCCCCC(C)C. The van der Waals surface area contributed by atoms with Crippen LogP contribution in [-0.4, -0.2) is 96.7 Å². The zero-order valence-corrected chi connectivity index (χ0v) is 57.0. The molecule has 17 nitrogen and oxygen atoms in total. The summed E-state index contributed by atoms with van der Waals surface area (Å²) < 4.78 is 68.1. The van der Waals surface area contributed by atoms with E-state index >= 15 is 0 Å². The van der Waals surface area contributed by atoms with Crippen LogP contribution in [-0.2, 0) is 65.4 Å². The maximum Gasteiger partial charge on any atom is 0.472 e. The van der Waals surface area contributed by atoms with E-state index in [0.717, 1.165) is 108 Å². The molecule has 0 spiro atoms. The Morgan fingerprint density at radius 2 is 0.565 bits per heavy atom. The maximum absolute atomic E-state index is 13.0. The predicted octanol–water partition coefficient (Wildman–Crippen LogP) is 18.1. The van der Waals surface area contributed by atoms with E-state index in [0.29, 0.717) is 37.5 Å². The van der Waals surface area contributed by atoms with Crippen molar-refractivity contribution < 1.29 is 80.2 Å². The van der Waals surface area contributed by atoms with Gasteiger partial charge in [-0.1, -0.05) is 267 Å². The molecule has 0 saturated carbocycles. The first kappa shape index (κ1) is 83.1. The summed E-state index contributed by atoms with van der Waals surface area (Å²) in [5.74, 6) is 0.790. The van der Waals surface area contributed by atoms with Crippen LogP contribution in [0.5, 0.6) is 0 Å². The van der Waals surface area contributed by atoms with Crippen molar-refractivity contribution in [2.45, 2.75) is 337 Å². The van der Waals surface area contributed by atoms with Gasteiger partial charge < -0.3 is 33.8 Å². The number of phosphoric ester groups is 2. The molecule has 4 unspecified atom stereocenters. The second kappa shape index (κ2) is 56.1. The highest BCUT2D eigenvalue weighted by molar-refractivity contribution is 7.47. The molecule has 6 atom stereocenters. The Hall–Kier alpha value is -1.94. The number of aliphatic hydroxyl groups excluding tert-OH is 1. The molecule has 85 heavy (non-hydrogen) atoms. The number of phosphoric acid groups is 2. The largest absolute Gasteiger partial charge is 0.472 e. The van der Waals surface area contributed by atoms with Gasteiger partial charge in [-0.05, 0) is 49.4 Å². The van der Waals surface area contributed by atoms with Crippen molar-refractivity contribution in [2.75, 3.05) is 39.6 Å². The summed E-state index contributed by atoms with van der Waals surface area (Å²) >= 11 is 0. The van der Waals surface area contributed by atoms with Crippen LogP contribution in [0.15, 0.2) is 0 Å². The standard InChI is InChI=1S/C66H128O17P2/c1-9-59(8)45-37-29-21-12-10-11-13-22-30-38-46-63(68)76-52-62(83-66(71)49-41-33-25-17-20-28-36-44-58(6)7)55-81-85(74,75)79-51-60(67)50-78-84(72,73)80-54-61(53-77-64(69)47-39-31-24-16-19-27-35-43-57(4)5)82-65(70)48-40-32-23-15-14-18-26-34-42-56(2)3/h56-62,67H,9-55H2,1-8H3,(H,72,73)(H,74,75)/t59?,60?,61-,62-/m1/s1. The van der Waals surface area contributed by atoms with Gasteiger partial charge in [0.25, 0.3) is 0 Å². The van der Waals surface area contributed by atoms with E-state index < -0.39 is 97.5 Å². The van der Waals surface area contributed by atoms with E-state index in [2.05, 4.69) is 55.4 Å². The highest BCUT2D eigenvalue weighted by Crippen LogP contribution is 2.45. The third kappa shape index (κ3) is 59.5. The number of carbonyl (C=O) groups is 4. The number of aliphatic hydroxyl groups is 1. The van der Waals surface area contributed by atoms with Crippen molar-refractivity contribution in [3.8, 4) is 0 Å². The lowest BCUT2D eigenvalue weighted by molar-refractivity contribution is -0.161.